The SMILES string of the molecule is CCNc1nc(-c2ccccn2)nc(C(C)(C)C)c1Br. The maximum absolute atomic E-state index is 4.70. The van der Waals surface area contributed by atoms with Gasteiger partial charge in [-0.2, -0.15) is 0 Å². The molecule has 0 amide bonds. The molecule has 0 atom stereocenters. The van der Waals surface area contributed by atoms with Crippen molar-refractivity contribution in [3.05, 3.63) is 34.6 Å². The maximum Gasteiger partial charge on any atom is 0.180 e. The summed E-state index contributed by atoms with van der Waals surface area (Å²) in [5.41, 5.74) is 1.68. The average Bonchev–Trinajstić information content (AvgIpc) is 2.41. The molecule has 2 rings (SSSR count). The summed E-state index contributed by atoms with van der Waals surface area (Å²) in [5, 5.41) is 3.27. The third-order valence-corrected chi connectivity index (χ3v) is 3.55. The molecule has 106 valence electrons. The lowest BCUT2D eigenvalue weighted by Crippen LogP contribution is -2.17. The molecule has 20 heavy (non-hydrogen) atoms. The van der Waals surface area contributed by atoms with Gasteiger partial charge < -0.3 is 5.32 Å². The van der Waals surface area contributed by atoms with Crippen LogP contribution in [0.25, 0.3) is 11.5 Å². The summed E-state index contributed by atoms with van der Waals surface area (Å²) in [5.74, 6) is 1.46. The van der Waals surface area contributed by atoms with Crippen molar-refractivity contribution in [2.75, 3.05) is 11.9 Å². The Hall–Kier alpha value is -1.49. The Morgan fingerprint density at radius 3 is 2.50 bits per heavy atom. The van der Waals surface area contributed by atoms with Crippen molar-refractivity contribution in [1.82, 2.24) is 15.0 Å². The van der Waals surface area contributed by atoms with Crippen LogP contribution in [-0.4, -0.2) is 21.5 Å². The van der Waals surface area contributed by atoms with Crippen molar-refractivity contribution in [3.8, 4) is 11.5 Å². The number of hydrogen-bond acceptors (Lipinski definition) is 4. The van der Waals surface area contributed by atoms with Crippen molar-refractivity contribution in [1.29, 1.82) is 0 Å². The van der Waals surface area contributed by atoms with E-state index in [1.165, 1.54) is 0 Å². The lowest BCUT2D eigenvalue weighted by atomic mass is 9.92. The molecule has 2 aromatic rings. The van der Waals surface area contributed by atoms with Gasteiger partial charge in [-0.1, -0.05) is 26.8 Å². The van der Waals surface area contributed by atoms with Crippen LogP contribution in [-0.2, 0) is 5.41 Å². The molecule has 0 radical (unpaired) electrons. The number of halogens is 1. The zero-order valence-electron chi connectivity index (χ0n) is 12.2. The first-order chi connectivity index (χ1) is 9.43. The Labute approximate surface area is 128 Å². The van der Waals surface area contributed by atoms with E-state index in [2.05, 4.69) is 52.0 Å². The normalized spacial score (nSPS) is 11.4. The number of nitrogens with one attached hydrogen (secondary N) is 1. The third-order valence-electron chi connectivity index (χ3n) is 2.80. The van der Waals surface area contributed by atoms with Gasteiger partial charge in [0.2, 0.25) is 0 Å². The molecule has 0 aliphatic rings. The fourth-order valence-electron chi connectivity index (χ4n) is 1.84. The summed E-state index contributed by atoms with van der Waals surface area (Å²) in [7, 11) is 0. The minimum absolute atomic E-state index is 0.0739. The van der Waals surface area contributed by atoms with Crippen LogP contribution in [0.3, 0.4) is 0 Å². The molecule has 2 heterocycles. The van der Waals surface area contributed by atoms with Crippen molar-refractivity contribution >= 4 is 21.7 Å². The number of anilines is 1. The van der Waals surface area contributed by atoms with Gasteiger partial charge >= 0.3 is 0 Å². The largest absolute Gasteiger partial charge is 0.369 e. The Morgan fingerprint density at radius 1 is 1.20 bits per heavy atom. The fourth-order valence-corrected chi connectivity index (χ4v) is 2.75. The van der Waals surface area contributed by atoms with E-state index in [4.69, 9.17) is 4.98 Å². The standard InChI is InChI=1S/C15H19BrN4/c1-5-17-14-11(16)12(15(2,3)4)19-13(20-14)10-8-6-7-9-18-10/h6-9H,5H2,1-4H3,(H,17,19,20). The van der Waals surface area contributed by atoms with Gasteiger partial charge in [-0.15, -0.1) is 0 Å². The van der Waals surface area contributed by atoms with Crippen molar-refractivity contribution in [2.24, 2.45) is 0 Å². The van der Waals surface area contributed by atoms with Crippen molar-refractivity contribution in [2.45, 2.75) is 33.1 Å². The molecule has 0 unspecified atom stereocenters. The van der Waals surface area contributed by atoms with Crippen LogP contribution in [0, 0.1) is 0 Å². The Balaban J connectivity index is 2.62. The Kier molecular flexibility index (Phi) is 4.38. The summed E-state index contributed by atoms with van der Waals surface area (Å²) in [6, 6.07) is 5.75. The zero-order valence-corrected chi connectivity index (χ0v) is 13.8. The van der Waals surface area contributed by atoms with Crippen molar-refractivity contribution in [3.63, 3.8) is 0 Å². The molecule has 0 aliphatic carbocycles. The van der Waals surface area contributed by atoms with E-state index in [9.17, 15) is 0 Å². The van der Waals surface area contributed by atoms with Crippen LogP contribution in [0.5, 0.6) is 0 Å². The van der Waals surface area contributed by atoms with E-state index in [1.807, 2.05) is 25.1 Å². The predicted molar refractivity (Wildman–Crippen MR) is 85.8 cm³/mol. The van der Waals surface area contributed by atoms with E-state index >= 15 is 0 Å². The first-order valence-corrected chi connectivity index (χ1v) is 7.46. The van der Waals surface area contributed by atoms with Gasteiger partial charge in [0.1, 0.15) is 11.5 Å². The van der Waals surface area contributed by atoms with Crippen LogP contribution < -0.4 is 5.32 Å². The highest BCUT2D eigenvalue weighted by Crippen LogP contribution is 2.33. The van der Waals surface area contributed by atoms with Crippen LogP contribution in [0.4, 0.5) is 5.82 Å². The first kappa shape index (κ1) is 14.9. The quantitative estimate of drug-likeness (QED) is 0.920. The molecule has 0 saturated heterocycles. The lowest BCUT2D eigenvalue weighted by molar-refractivity contribution is 0.564. The average molecular weight is 335 g/mol. The third kappa shape index (κ3) is 3.15. The van der Waals surface area contributed by atoms with Gasteiger partial charge in [-0.05, 0) is 35.0 Å². The van der Waals surface area contributed by atoms with Crippen LogP contribution in [0.15, 0.2) is 28.9 Å². The summed E-state index contributed by atoms with van der Waals surface area (Å²) in [6.45, 7) is 9.26. The summed E-state index contributed by atoms with van der Waals surface area (Å²) < 4.78 is 0.923. The molecule has 0 aliphatic heterocycles. The summed E-state index contributed by atoms with van der Waals surface area (Å²) >= 11 is 3.62. The van der Waals surface area contributed by atoms with E-state index in [0.717, 1.165) is 28.2 Å². The molecule has 0 aromatic carbocycles. The van der Waals surface area contributed by atoms with Gasteiger partial charge in [-0.25, -0.2) is 9.97 Å². The smallest absolute Gasteiger partial charge is 0.180 e. The van der Waals surface area contributed by atoms with Crippen molar-refractivity contribution < 1.29 is 0 Å². The van der Waals surface area contributed by atoms with Gasteiger partial charge in [0.15, 0.2) is 5.82 Å². The monoisotopic (exact) mass is 334 g/mol. The van der Waals surface area contributed by atoms with Crippen LogP contribution >= 0.6 is 15.9 Å². The molecule has 5 heteroatoms. The zero-order chi connectivity index (χ0) is 14.8. The molecular weight excluding hydrogens is 316 g/mol. The van der Waals surface area contributed by atoms with Gasteiger partial charge in [0.25, 0.3) is 0 Å². The lowest BCUT2D eigenvalue weighted by Gasteiger charge is -2.21. The molecular formula is C15H19BrN4. The summed E-state index contributed by atoms with van der Waals surface area (Å²) in [4.78, 5) is 13.6. The van der Waals surface area contributed by atoms with Gasteiger partial charge in [0.05, 0.1) is 10.2 Å². The molecule has 0 spiro atoms. The van der Waals surface area contributed by atoms with Crippen LogP contribution in [0.2, 0.25) is 0 Å². The topological polar surface area (TPSA) is 50.7 Å². The molecule has 0 fully saturated rings. The second kappa shape index (κ2) is 5.87. The van der Waals surface area contributed by atoms with E-state index in [0.29, 0.717) is 5.82 Å². The predicted octanol–water partition coefficient (Wildman–Crippen LogP) is 4.03. The second-order valence-corrected chi connectivity index (χ2v) is 6.35. The number of nitrogens with zero attached hydrogens (tertiary/aromatic N) is 3. The highest BCUT2D eigenvalue weighted by molar-refractivity contribution is 9.10. The molecule has 1 N–H and O–H groups in total. The fraction of sp³-hybridized carbons (Fsp3) is 0.400. The maximum atomic E-state index is 4.70. The highest BCUT2D eigenvalue weighted by atomic mass is 79.9. The minimum atomic E-state index is -0.0739. The number of aromatic nitrogens is 3. The Morgan fingerprint density at radius 2 is 1.95 bits per heavy atom. The number of pyridine rings is 1. The van der Waals surface area contributed by atoms with Gasteiger partial charge in [0, 0.05) is 18.2 Å². The van der Waals surface area contributed by atoms with E-state index in [-0.39, 0.29) is 5.41 Å². The molecule has 2 aromatic heterocycles. The molecule has 4 nitrogen and oxygen atoms in total. The Bertz CT molecular complexity index is 591. The number of rotatable bonds is 3. The van der Waals surface area contributed by atoms with Gasteiger partial charge in [-0.3, -0.25) is 4.98 Å². The minimum Gasteiger partial charge on any atom is -0.369 e. The summed E-state index contributed by atoms with van der Waals surface area (Å²) in [6.07, 6.45) is 1.75. The van der Waals surface area contributed by atoms with E-state index < -0.39 is 0 Å². The first-order valence-electron chi connectivity index (χ1n) is 6.66. The van der Waals surface area contributed by atoms with E-state index in [1.54, 1.807) is 6.20 Å². The highest BCUT2D eigenvalue weighted by Gasteiger charge is 2.23. The second-order valence-electron chi connectivity index (χ2n) is 5.55. The van der Waals surface area contributed by atoms with Crippen LogP contribution in [0.1, 0.15) is 33.4 Å². The molecule has 0 bridgehead atoms. The molecule has 0 saturated carbocycles. The number of hydrogen-bond donors (Lipinski definition) is 1.